The summed E-state index contributed by atoms with van der Waals surface area (Å²) in [5.74, 6) is 2.53. The molecule has 0 aliphatic carbocycles. The zero-order valence-corrected chi connectivity index (χ0v) is 15.8. The van der Waals surface area contributed by atoms with Crippen molar-refractivity contribution in [2.45, 2.75) is 26.7 Å². The third-order valence-corrected chi connectivity index (χ3v) is 5.02. The molecule has 3 heterocycles. The van der Waals surface area contributed by atoms with Gasteiger partial charge in [0.1, 0.15) is 11.6 Å². The van der Waals surface area contributed by atoms with E-state index in [-0.39, 0.29) is 5.91 Å². The molecule has 1 aliphatic heterocycles. The SMILES string of the molecule is CCCc1cc(N2CCN(C(=O)c3ccccc3)CC2)nc2nnc(C)n12. The van der Waals surface area contributed by atoms with Gasteiger partial charge in [-0.25, -0.2) is 0 Å². The van der Waals surface area contributed by atoms with E-state index in [4.69, 9.17) is 4.98 Å². The minimum Gasteiger partial charge on any atom is -0.353 e. The maximum Gasteiger partial charge on any atom is 0.257 e. The lowest BCUT2D eigenvalue weighted by Crippen LogP contribution is -2.49. The summed E-state index contributed by atoms with van der Waals surface area (Å²) < 4.78 is 2.03. The molecule has 0 radical (unpaired) electrons. The van der Waals surface area contributed by atoms with E-state index in [0.29, 0.717) is 18.9 Å². The van der Waals surface area contributed by atoms with E-state index in [1.165, 1.54) is 5.69 Å². The van der Waals surface area contributed by atoms with Crippen molar-refractivity contribution in [1.82, 2.24) is 24.5 Å². The fourth-order valence-corrected chi connectivity index (χ4v) is 3.61. The summed E-state index contributed by atoms with van der Waals surface area (Å²) >= 11 is 0. The van der Waals surface area contributed by atoms with Gasteiger partial charge < -0.3 is 9.80 Å². The highest BCUT2D eigenvalue weighted by atomic mass is 16.2. The van der Waals surface area contributed by atoms with Crippen molar-refractivity contribution in [2.24, 2.45) is 0 Å². The molecular formula is C20H24N6O. The third-order valence-electron chi connectivity index (χ3n) is 5.02. The Labute approximate surface area is 158 Å². The van der Waals surface area contributed by atoms with Crippen molar-refractivity contribution in [2.75, 3.05) is 31.1 Å². The van der Waals surface area contributed by atoms with E-state index in [2.05, 4.69) is 28.1 Å². The molecular weight excluding hydrogens is 340 g/mol. The minimum absolute atomic E-state index is 0.0958. The minimum atomic E-state index is 0.0958. The highest BCUT2D eigenvalue weighted by molar-refractivity contribution is 5.94. The molecule has 0 bridgehead atoms. The van der Waals surface area contributed by atoms with E-state index in [9.17, 15) is 4.79 Å². The number of aryl methyl sites for hydroxylation is 2. The number of hydrogen-bond acceptors (Lipinski definition) is 5. The van der Waals surface area contributed by atoms with Gasteiger partial charge in [-0.3, -0.25) is 9.20 Å². The van der Waals surface area contributed by atoms with Gasteiger partial charge in [0.2, 0.25) is 0 Å². The molecule has 0 atom stereocenters. The molecule has 1 aromatic carbocycles. The molecule has 1 fully saturated rings. The molecule has 0 saturated carbocycles. The Morgan fingerprint density at radius 3 is 2.52 bits per heavy atom. The summed E-state index contributed by atoms with van der Waals surface area (Å²) in [6, 6.07) is 11.6. The molecule has 7 nitrogen and oxygen atoms in total. The van der Waals surface area contributed by atoms with Gasteiger partial charge in [0.25, 0.3) is 11.7 Å². The molecule has 4 rings (SSSR count). The Kier molecular flexibility index (Phi) is 4.75. The molecule has 0 N–H and O–H groups in total. The Morgan fingerprint density at radius 1 is 1.07 bits per heavy atom. The number of rotatable bonds is 4. The topological polar surface area (TPSA) is 66.6 Å². The number of carbonyl (C=O) groups excluding carboxylic acids is 1. The number of nitrogens with zero attached hydrogens (tertiary/aromatic N) is 6. The van der Waals surface area contributed by atoms with Crippen LogP contribution in [0.1, 0.15) is 35.2 Å². The van der Waals surface area contributed by atoms with Gasteiger partial charge in [-0.15, -0.1) is 10.2 Å². The molecule has 27 heavy (non-hydrogen) atoms. The number of amides is 1. The summed E-state index contributed by atoms with van der Waals surface area (Å²) in [6.07, 6.45) is 2.01. The molecule has 7 heteroatoms. The first kappa shape index (κ1) is 17.5. The Hall–Kier alpha value is -2.96. The number of hydrogen-bond donors (Lipinski definition) is 0. The monoisotopic (exact) mass is 364 g/mol. The number of aromatic nitrogens is 4. The van der Waals surface area contributed by atoms with Crippen LogP contribution in [0.3, 0.4) is 0 Å². The van der Waals surface area contributed by atoms with Crippen LogP contribution in [0.25, 0.3) is 5.78 Å². The molecule has 1 amide bonds. The number of piperazine rings is 1. The second kappa shape index (κ2) is 7.34. The highest BCUT2D eigenvalue weighted by Gasteiger charge is 2.23. The van der Waals surface area contributed by atoms with Crippen LogP contribution in [-0.2, 0) is 6.42 Å². The fraction of sp³-hybridized carbons (Fsp3) is 0.400. The van der Waals surface area contributed by atoms with Crippen LogP contribution in [0.15, 0.2) is 36.4 Å². The van der Waals surface area contributed by atoms with Crippen LogP contribution in [0.2, 0.25) is 0 Å². The van der Waals surface area contributed by atoms with Gasteiger partial charge in [0, 0.05) is 43.5 Å². The molecule has 2 aromatic heterocycles. The van der Waals surface area contributed by atoms with Crippen molar-refractivity contribution < 1.29 is 4.79 Å². The maximum absolute atomic E-state index is 12.6. The van der Waals surface area contributed by atoms with E-state index in [1.54, 1.807) is 0 Å². The van der Waals surface area contributed by atoms with Crippen LogP contribution in [0.5, 0.6) is 0 Å². The predicted octanol–water partition coefficient (Wildman–Crippen LogP) is 2.35. The molecule has 140 valence electrons. The Balaban J connectivity index is 1.52. The highest BCUT2D eigenvalue weighted by Crippen LogP contribution is 2.20. The lowest BCUT2D eigenvalue weighted by atomic mass is 10.2. The van der Waals surface area contributed by atoms with E-state index in [1.807, 2.05) is 46.6 Å². The summed E-state index contributed by atoms with van der Waals surface area (Å²) in [4.78, 5) is 21.5. The van der Waals surface area contributed by atoms with Gasteiger partial charge in [-0.2, -0.15) is 4.98 Å². The van der Waals surface area contributed by atoms with Crippen LogP contribution in [0.4, 0.5) is 5.82 Å². The van der Waals surface area contributed by atoms with Crippen LogP contribution in [0, 0.1) is 6.92 Å². The van der Waals surface area contributed by atoms with Crippen molar-refractivity contribution in [3.05, 3.63) is 53.5 Å². The second-order valence-corrected chi connectivity index (χ2v) is 6.88. The fourth-order valence-electron chi connectivity index (χ4n) is 3.61. The van der Waals surface area contributed by atoms with Crippen LogP contribution < -0.4 is 4.90 Å². The van der Waals surface area contributed by atoms with Crippen LogP contribution >= 0.6 is 0 Å². The quantitative estimate of drug-likeness (QED) is 0.711. The first-order chi connectivity index (χ1) is 13.2. The number of anilines is 1. The first-order valence-electron chi connectivity index (χ1n) is 9.48. The standard InChI is InChI=1S/C20H24N6O/c1-3-7-17-14-18(21-20-23-22-15(2)26(17)20)24-10-12-25(13-11-24)19(27)16-8-5-4-6-9-16/h4-6,8-9,14H,3,7,10-13H2,1-2H3. The summed E-state index contributed by atoms with van der Waals surface area (Å²) in [6.45, 7) is 7.03. The summed E-state index contributed by atoms with van der Waals surface area (Å²) in [7, 11) is 0. The first-order valence-corrected chi connectivity index (χ1v) is 9.48. The molecule has 1 aliphatic rings. The normalized spacial score (nSPS) is 14.7. The zero-order valence-electron chi connectivity index (χ0n) is 15.8. The number of fused-ring (bicyclic) bond motifs is 1. The summed E-state index contributed by atoms with van der Waals surface area (Å²) in [5, 5.41) is 8.38. The van der Waals surface area contributed by atoms with Gasteiger partial charge in [0.15, 0.2) is 0 Å². The van der Waals surface area contributed by atoms with Crippen molar-refractivity contribution >= 4 is 17.5 Å². The smallest absolute Gasteiger partial charge is 0.257 e. The van der Waals surface area contributed by atoms with Gasteiger partial charge in [-0.1, -0.05) is 31.5 Å². The molecule has 1 saturated heterocycles. The Bertz CT molecular complexity index is 944. The van der Waals surface area contributed by atoms with Crippen molar-refractivity contribution in [3.63, 3.8) is 0 Å². The van der Waals surface area contributed by atoms with Gasteiger partial charge in [-0.05, 0) is 25.5 Å². The zero-order chi connectivity index (χ0) is 18.8. The van der Waals surface area contributed by atoms with Crippen molar-refractivity contribution in [1.29, 1.82) is 0 Å². The van der Waals surface area contributed by atoms with Crippen molar-refractivity contribution in [3.8, 4) is 0 Å². The predicted molar refractivity (Wildman–Crippen MR) is 104 cm³/mol. The lowest BCUT2D eigenvalue weighted by molar-refractivity contribution is 0.0746. The van der Waals surface area contributed by atoms with Gasteiger partial charge in [0.05, 0.1) is 0 Å². The number of carbonyl (C=O) groups is 1. The van der Waals surface area contributed by atoms with Gasteiger partial charge >= 0.3 is 0 Å². The van der Waals surface area contributed by atoms with E-state index < -0.39 is 0 Å². The third kappa shape index (κ3) is 3.37. The second-order valence-electron chi connectivity index (χ2n) is 6.88. The maximum atomic E-state index is 12.6. The average molecular weight is 364 g/mol. The molecule has 3 aromatic rings. The van der Waals surface area contributed by atoms with E-state index >= 15 is 0 Å². The molecule has 0 unspecified atom stereocenters. The van der Waals surface area contributed by atoms with E-state index in [0.717, 1.165) is 43.1 Å². The Morgan fingerprint density at radius 2 is 1.81 bits per heavy atom. The largest absolute Gasteiger partial charge is 0.353 e. The average Bonchev–Trinajstić information content (AvgIpc) is 3.09. The number of benzene rings is 1. The summed E-state index contributed by atoms with van der Waals surface area (Å²) in [5.41, 5.74) is 1.93. The van der Waals surface area contributed by atoms with Crippen LogP contribution in [-0.4, -0.2) is 56.6 Å². The molecule has 0 spiro atoms. The lowest BCUT2D eigenvalue weighted by Gasteiger charge is -2.35.